The number of nitrogens with zero attached hydrogens (tertiary/aromatic N) is 2. The van der Waals surface area contributed by atoms with E-state index in [-0.39, 0.29) is 53.4 Å². The van der Waals surface area contributed by atoms with Crippen LogP contribution in [0.15, 0.2) is 47.4 Å². The maximum absolute atomic E-state index is 13.8. The lowest BCUT2D eigenvalue weighted by Crippen LogP contribution is -2.42. The molecule has 2 aromatic rings. The molecular weight excluding hydrogens is 469 g/mol. The minimum Gasteiger partial charge on any atom is -0.323 e. The van der Waals surface area contributed by atoms with E-state index in [1.807, 2.05) is 11.8 Å². The van der Waals surface area contributed by atoms with Crippen LogP contribution in [0.1, 0.15) is 44.6 Å². The van der Waals surface area contributed by atoms with Crippen molar-refractivity contribution in [3.05, 3.63) is 53.8 Å². The van der Waals surface area contributed by atoms with E-state index in [4.69, 9.17) is 0 Å². The van der Waals surface area contributed by atoms with Crippen molar-refractivity contribution in [3.8, 4) is 0 Å². The predicted molar refractivity (Wildman–Crippen MR) is 131 cm³/mol. The van der Waals surface area contributed by atoms with Gasteiger partial charge >= 0.3 is 0 Å². The van der Waals surface area contributed by atoms with Gasteiger partial charge in [0.1, 0.15) is 5.82 Å². The topological polar surface area (TPSA) is 86.8 Å². The molecule has 0 aromatic heterocycles. The molecule has 1 unspecified atom stereocenters. The summed E-state index contributed by atoms with van der Waals surface area (Å²) in [5, 5.41) is 2.61. The number of hydrogen-bond donors (Lipinski definition) is 1. The molecular formula is C26H30FN3O4S. The maximum Gasteiger partial charge on any atom is 0.243 e. The molecule has 7 nitrogen and oxygen atoms in total. The summed E-state index contributed by atoms with van der Waals surface area (Å²) in [6.07, 6.45) is 4.31. The molecule has 1 saturated carbocycles. The Balaban J connectivity index is 1.25. The zero-order valence-corrected chi connectivity index (χ0v) is 20.6. The van der Waals surface area contributed by atoms with Gasteiger partial charge in [-0.05, 0) is 74.9 Å². The van der Waals surface area contributed by atoms with E-state index < -0.39 is 15.8 Å². The van der Waals surface area contributed by atoms with E-state index in [0.29, 0.717) is 19.3 Å². The van der Waals surface area contributed by atoms with Crippen LogP contribution < -0.4 is 10.2 Å². The van der Waals surface area contributed by atoms with E-state index >= 15 is 0 Å². The van der Waals surface area contributed by atoms with Crippen LogP contribution in [0.2, 0.25) is 0 Å². The van der Waals surface area contributed by atoms with Crippen molar-refractivity contribution >= 4 is 33.2 Å². The summed E-state index contributed by atoms with van der Waals surface area (Å²) < 4.78 is 42.0. The van der Waals surface area contributed by atoms with Gasteiger partial charge in [0.2, 0.25) is 21.8 Å². The molecule has 9 heteroatoms. The van der Waals surface area contributed by atoms with Gasteiger partial charge in [0.15, 0.2) is 0 Å². The average Bonchev–Trinajstić information content (AvgIpc) is 3.14. The lowest BCUT2D eigenvalue weighted by atomic mass is 9.84. The van der Waals surface area contributed by atoms with Crippen molar-refractivity contribution in [1.82, 2.24) is 4.31 Å². The Hall–Kier alpha value is -2.78. The van der Waals surface area contributed by atoms with Crippen LogP contribution in [0.4, 0.5) is 15.8 Å². The van der Waals surface area contributed by atoms with Gasteiger partial charge in [0, 0.05) is 36.7 Å². The molecule has 35 heavy (non-hydrogen) atoms. The van der Waals surface area contributed by atoms with E-state index in [1.165, 1.54) is 16.4 Å². The summed E-state index contributed by atoms with van der Waals surface area (Å²) >= 11 is 0. The highest BCUT2D eigenvalue weighted by molar-refractivity contribution is 7.89. The number of piperidine rings is 1. The first-order chi connectivity index (χ1) is 16.8. The van der Waals surface area contributed by atoms with Gasteiger partial charge < -0.3 is 10.2 Å². The van der Waals surface area contributed by atoms with Gasteiger partial charge in [-0.25, -0.2) is 12.8 Å². The fourth-order valence-electron chi connectivity index (χ4n) is 5.26. The number of hydrogen-bond acceptors (Lipinski definition) is 4. The first-order valence-corrected chi connectivity index (χ1v) is 13.7. The van der Waals surface area contributed by atoms with Crippen LogP contribution in [0.25, 0.3) is 0 Å². The third-order valence-corrected chi connectivity index (χ3v) is 9.45. The second-order valence-corrected chi connectivity index (χ2v) is 11.8. The third-order valence-electron chi connectivity index (χ3n) is 7.55. The standard InChI is InChI=1S/C26H30FN3O4S/c1-17-15-20-16-21(9-10-24(20)30(17)26(32)19-5-4-6-19)35(33,34)29-13-11-18(12-14-29)25(31)28-23-8-3-2-7-22(23)27/h2-3,7-10,16-19H,4-6,11-15H2,1H3,(H,28,31). The smallest absolute Gasteiger partial charge is 0.243 e. The number of carbonyl (C=O) groups excluding carboxylic acids is 2. The van der Waals surface area contributed by atoms with Crippen molar-refractivity contribution in [3.63, 3.8) is 0 Å². The summed E-state index contributed by atoms with van der Waals surface area (Å²) in [5.41, 5.74) is 1.83. The normalized spacial score (nSPS) is 21.4. The molecule has 2 heterocycles. The van der Waals surface area contributed by atoms with Crippen LogP contribution in [-0.2, 0) is 26.0 Å². The second-order valence-electron chi connectivity index (χ2n) is 9.83. The van der Waals surface area contributed by atoms with E-state index in [2.05, 4.69) is 5.32 Å². The molecule has 186 valence electrons. The summed E-state index contributed by atoms with van der Waals surface area (Å²) in [6.45, 7) is 2.44. The Morgan fingerprint density at radius 3 is 2.37 bits per heavy atom. The van der Waals surface area contributed by atoms with Crippen molar-refractivity contribution < 1.29 is 22.4 Å². The monoisotopic (exact) mass is 499 g/mol. The maximum atomic E-state index is 13.8. The Bertz CT molecular complexity index is 1250. The number of halogens is 1. The first kappa shape index (κ1) is 23.9. The fraction of sp³-hybridized carbons (Fsp3) is 0.462. The molecule has 2 amide bonds. The lowest BCUT2D eigenvalue weighted by Gasteiger charge is -2.32. The summed E-state index contributed by atoms with van der Waals surface area (Å²) in [4.78, 5) is 27.5. The number of para-hydroxylation sites is 1. The molecule has 0 bridgehead atoms. The number of carbonyl (C=O) groups is 2. The van der Waals surface area contributed by atoms with Gasteiger partial charge in [-0.2, -0.15) is 4.31 Å². The largest absolute Gasteiger partial charge is 0.323 e. The molecule has 5 rings (SSSR count). The molecule has 2 aliphatic heterocycles. The lowest BCUT2D eigenvalue weighted by molar-refractivity contribution is -0.125. The highest BCUT2D eigenvalue weighted by Crippen LogP contribution is 2.39. The van der Waals surface area contributed by atoms with Crippen LogP contribution in [0, 0.1) is 17.7 Å². The minimum absolute atomic E-state index is 0.0137. The number of nitrogens with one attached hydrogen (secondary N) is 1. The quantitative estimate of drug-likeness (QED) is 0.675. The predicted octanol–water partition coefficient (Wildman–Crippen LogP) is 3.94. The number of rotatable bonds is 5. The van der Waals surface area contributed by atoms with Crippen LogP contribution in [-0.4, -0.2) is 43.7 Å². The summed E-state index contributed by atoms with van der Waals surface area (Å²) in [6, 6.07) is 11.0. The SMILES string of the molecule is CC1Cc2cc(S(=O)(=O)N3CCC(C(=O)Nc4ccccc4F)CC3)ccc2N1C(=O)C1CCC1. The molecule has 3 aliphatic rings. The molecule has 1 aliphatic carbocycles. The highest BCUT2D eigenvalue weighted by atomic mass is 32.2. The van der Waals surface area contributed by atoms with Crippen molar-refractivity contribution in [2.45, 2.75) is 56.4 Å². The van der Waals surface area contributed by atoms with Crippen molar-refractivity contribution in [1.29, 1.82) is 0 Å². The van der Waals surface area contributed by atoms with Crippen LogP contribution in [0.5, 0.6) is 0 Å². The van der Waals surface area contributed by atoms with E-state index in [1.54, 1.807) is 30.3 Å². The Morgan fingerprint density at radius 2 is 1.71 bits per heavy atom. The number of benzene rings is 2. The van der Waals surface area contributed by atoms with E-state index in [9.17, 15) is 22.4 Å². The Labute approximate surface area is 205 Å². The average molecular weight is 500 g/mol. The molecule has 0 radical (unpaired) electrons. The molecule has 1 atom stereocenters. The molecule has 0 spiro atoms. The van der Waals surface area contributed by atoms with E-state index in [0.717, 1.165) is 30.5 Å². The summed E-state index contributed by atoms with van der Waals surface area (Å²) in [5.74, 6) is -0.944. The fourth-order valence-corrected chi connectivity index (χ4v) is 6.78. The third kappa shape index (κ3) is 4.47. The van der Waals surface area contributed by atoms with Gasteiger partial charge in [0.05, 0.1) is 10.6 Å². The molecule has 1 N–H and O–H groups in total. The Morgan fingerprint density at radius 1 is 1.00 bits per heavy atom. The minimum atomic E-state index is -3.73. The number of sulfonamides is 1. The zero-order chi connectivity index (χ0) is 24.7. The first-order valence-electron chi connectivity index (χ1n) is 12.3. The van der Waals surface area contributed by atoms with Gasteiger partial charge in [-0.1, -0.05) is 18.6 Å². The van der Waals surface area contributed by atoms with Gasteiger partial charge in [0.25, 0.3) is 0 Å². The number of anilines is 2. The summed E-state index contributed by atoms with van der Waals surface area (Å²) in [7, 11) is -3.73. The van der Waals surface area contributed by atoms with Crippen molar-refractivity contribution in [2.75, 3.05) is 23.3 Å². The van der Waals surface area contributed by atoms with Gasteiger partial charge in [-0.3, -0.25) is 9.59 Å². The number of fused-ring (bicyclic) bond motifs is 1. The highest BCUT2D eigenvalue weighted by Gasteiger charge is 2.38. The molecule has 2 aromatic carbocycles. The molecule has 2 fully saturated rings. The zero-order valence-electron chi connectivity index (χ0n) is 19.7. The Kier molecular flexibility index (Phi) is 6.40. The van der Waals surface area contributed by atoms with Gasteiger partial charge in [-0.15, -0.1) is 0 Å². The van der Waals surface area contributed by atoms with Crippen molar-refractivity contribution in [2.24, 2.45) is 11.8 Å². The molecule has 1 saturated heterocycles. The second kappa shape index (κ2) is 9.35. The van der Waals surface area contributed by atoms with Crippen LogP contribution in [0.3, 0.4) is 0 Å². The van der Waals surface area contributed by atoms with Crippen LogP contribution >= 0.6 is 0 Å². The number of amides is 2.